The van der Waals surface area contributed by atoms with E-state index >= 15 is 0 Å². The van der Waals surface area contributed by atoms with Gasteiger partial charge in [0.2, 0.25) is 0 Å². The van der Waals surface area contributed by atoms with Crippen LogP contribution in [0.5, 0.6) is 0 Å². The molecule has 0 saturated carbocycles. The molecule has 0 aromatic carbocycles. The minimum atomic E-state index is 0.886. The largest absolute Gasteiger partial charge is 0.367 e. The highest BCUT2D eigenvalue weighted by atomic mass is 15.2. The van der Waals surface area contributed by atoms with E-state index in [-0.39, 0.29) is 0 Å². The lowest BCUT2D eigenvalue weighted by Crippen LogP contribution is -2.27. The number of hydrogen-bond acceptors (Lipinski definition) is 4. The second-order valence-electron chi connectivity index (χ2n) is 3.90. The number of H-pyrrole nitrogens is 1. The number of nitrogens with one attached hydrogen (secondary N) is 2. The molecule has 5 heteroatoms. The minimum absolute atomic E-state index is 0.886. The van der Waals surface area contributed by atoms with Crippen molar-refractivity contribution in [2.45, 2.75) is 0 Å². The third-order valence-corrected chi connectivity index (χ3v) is 2.63. The summed E-state index contributed by atoms with van der Waals surface area (Å²) in [5, 5.41) is 11.5. The van der Waals surface area contributed by atoms with Gasteiger partial charge in [-0.2, -0.15) is 0 Å². The lowest BCUT2D eigenvalue weighted by atomic mass is 10.2. The second-order valence-corrected chi connectivity index (χ2v) is 3.90. The van der Waals surface area contributed by atoms with Crippen molar-refractivity contribution in [3.63, 3.8) is 0 Å². The van der Waals surface area contributed by atoms with Crippen molar-refractivity contribution < 1.29 is 0 Å². The number of aromatic nitrogens is 3. The van der Waals surface area contributed by atoms with Gasteiger partial charge in [0.05, 0.1) is 5.69 Å². The molecule has 90 valence electrons. The van der Waals surface area contributed by atoms with Gasteiger partial charge < -0.3 is 15.2 Å². The average molecular weight is 231 g/mol. The van der Waals surface area contributed by atoms with Gasteiger partial charge in [-0.3, -0.25) is 0 Å². The zero-order valence-corrected chi connectivity index (χ0v) is 10.1. The van der Waals surface area contributed by atoms with Gasteiger partial charge in [0.1, 0.15) is 0 Å². The van der Waals surface area contributed by atoms with Crippen molar-refractivity contribution in [1.82, 2.24) is 20.5 Å². The van der Waals surface area contributed by atoms with Crippen LogP contribution in [0.15, 0.2) is 30.6 Å². The molecule has 2 N–H and O–H groups in total. The van der Waals surface area contributed by atoms with Crippen LogP contribution >= 0.6 is 0 Å². The first-order chi connectivity index (χ1) is 8.31. The molecular weight excluding hydrogens is 214 g/mol. The maximum absolute atomic E-state index is 4.22. The molecule has 5 nitrogen and oxygen atoms in total. The Morgan fingerprint density at radius 1 is 1.29 bits per heavy atom. The Hall–Kier alpha value is -1.88. The zero-order chi connectivity index (χ0) is 12.1. The summed E-state index contributed by atoms with van der Waals surface area (Å²) in [7, 11) is 3.95. The molecule has 17 heavy (non-hydrogen) atoms. The van der Waals surface area contributed by atoms with Crippen molar-refractivity contribution in [2.24, 2.45) is 0 Å². The SMILES string of the molecule is CNCCN(C)c1ccc(-c2cc[nH]c2)nn1. The average Bonchev–Trinajstić information content (AvgIpc) is 2.90. The van der Waals surface area contributed by atoms with Gasteiger partial charge in [0.15, 0.2) is 5.82 Å². The molecule has 0 aliphatic rings. The second kappa shape index (κ2) is 5.45. The first-order valence-corrected chi connectivity index (χ1v) is 5.64. The van der Waals surface area contributed by atoms with Gasteiger partial charge in [-0.15, -0.1) is 10.2 Å². The van der Waals surface area contributed by atoms with Crippen LogP contribution in [0, 0.1) is 0 Å². The molecule has 2 aromatic rings. The van der Waals surface area contributed by atoms with E-state index in [0.717, 1.165) is 30.2 Å². The number of rotatable bonds is 5. The van der Waals surface area contributed by atoms with E-state index in [1.165, 1.54) is 0 Å². The molecule has 2 heterocycles. The van der Waals surface area contributed by atoms with E-state index < -0.39 is 0 Å². The van der Waals surface area contributed by atoms with Crippen LogP contribution < -0.4 is 10.2 Å². The normalized spacial score (nSPS) is 10.5. The Bertz CT molecular complexity index is 434. The highest BCUT2D eigenvalue weighted by Gasteiger charge is 2.04. The van der Waals surface area contributed by atoms with Crippen LogP contribution in [-0.2, 0) is 0 Å². The number of anilines is 1. The van der Waals surface area contributed by atoms with Gasteiger partial charge in [0.25, 0.3) is 0 Å². The fourth-order valence-corrected chi connectivity index (χ4v) is 1.56. The summed E-state index contributed by atoms with van der Waals surface area (Å²) in [5.74, 6) is 0.888. The van der Waals surface area contributed by atoms with E-state index in [0.29, 0.717) is 0 Å². The first-order valence-electron chi connectivity index (χ1n) is 5.64. The van der Waals surface area contributed by atoms with E-state index in [2.05, 4.69) is 25.4 Å². The maximum Gasteiger partial charge on any atom is 0.151 e. The van der Waals surface area contributed by atoms with Crippen molar-refractivity contribution in [3.8, 4) is 11.3 Å². The van der Waals surface area contributed by atoms with Crippen LogP contribution in [0.4, 0.5) is 5.82 Å². The van der Waals surface area contributed by atoms with Gasteiger partial charge in [0, 0.05) is 38.1 Å². The number of likely N-dealkylation sites (N-methyl/N-ethyl adjacent to an activating group) is 2. The van der Waals surface area contributed by atoms with Gasteiger partial charge >= 0.3 is 0 Å². The van der Waals surface area contributed by atoms with E-state index in [9.17, 15) is 0 Å². The summed E-state index contributed by atoms with van der Waals surface area (Å²) in [5.41, 5.74) is 1.94. The van der Waals surface area contributed by atoms with E-state index in [1.54, 1.807) is 0 Å². The molecule has 0 aliphatic heterocycles. The van der Waals surface area contributed by atoms with Gasteiger partial charge in [-0.25, -0.2) is 0 Å². The lowest BCUT2D eigenvalue weighted by molar-refractivity contribution is 0.756. The highest BCUT2D eigenvalue weighted by Crippen LogP contribution is 2.16. The third kappa shape index (κ3) is 2.82. The maximum atomic E-state index is 4.22. The van der Waals surface area contributed by atoms with E-state index in [4.69, 9.17) is 0 Å². The number of aromatic amines is 1. The zero-order valence-electron chi connectivity index (χ0n) is 10.1. The van der Waals surface area contributed by atoms with Crippen molar-refractivity contribution in [1.29, 1.82) is 0 Å². The Labute approximate surface area is 101 Å². The van der Waals surface area contributed by atoms with Crippen molar-refractivity contribution in [2.75, 3.05) is 32.1 Å². The lowest BCUT2D eigenvalue weighted by Gasteiger charge is -2.16. The molecule has 0 spiro atoms. The Kier molecular flexibility index (Phi) is 3.72. The Morgan fingerprint density at radius 3 is 2.76 bits per heavy atom. The van der Waals surface area contributed by atoms with Crippen molar-refractivity contribution >= 4 is 5.82 Å². The molecule has 0 bridgehead atoms. The summed E-state index contributed by atoms with van der Waals surface area (Å²) in [6, 6.07) is 5.96. The van der Waals surface area contributed by atoms with Gasteiger partial charge in [-0.1, -0.05) is 0 Å². The predicted molar refractivity (Wildman–Crippen MR) is 69.0 cm³/mol. The van der Waals surface area contributed by atoms with Crippen molar-refractivity contribution in [3.05, 3.63) is 30.6 Å². The predicted octanol–water partition coefficient (Wildman–Crippen LogP) is 1.13. The summed E-state index contributed by atoms with van der Waals surface area (Å²) in [6.45, 7) is 1.84. The topological polar surface area (TPSA) is 56.8 Å². The fourth-order valence-electron chi connectivity index (χ4n) is 1.56. The highest BCUT2D eigenvalue weighted by molar-refractivity contribution is 5.58. The smallest absolute Gasteiger partial charge is 0.151 e. The van der Waals surface area contributed by atoms with Gasteiger partial charge in [-0.05, 0) is 25.2 Å². The number of hydrogen-bond donors (Lipinski definition) is 2. The molecule has 2 rings (SSSR count). The number of nitrogens with zero attached hydrogens (tertiary/aromatic N) is 3. The van der Waals surface area contributed by atoms with Crippen LogP contribution in [0.1, 0.15) is 0 Å². The molecular formula is C12H17N5. The summed E-state index contributed by atoms with van der Waals surface area (Å²) >= 11 is 0. The molecule has 0 saturated heterocycles. The molecule has 0 radical (unpaired) electrons. The third-order valence-electron chi connectivity index (χ3n) is 2.63. The molecule has 0 fully saturated rings. The quantitative estimate of drug-likeness (QED) is 0.810. The molecule has 0 amide bonds. The molecule has 0 atom stereocenters. The monoisotopic (exact) mass is 231 g/mol. The molecule has 0 aliphatic carbocycles. The summed E-state index contributed by atoms with van der Waals surface area (Å²) in [6.07, 6.45) is 3.79. The van der Waals surface area contributed by atoms with Crippen LogP contribution in [0.2, 0.25) is 0 Å². The standard InChI is InChI=1S/C12H17N5/c1-13-7-8-17(2)12-4-3-11(15-16-12)10-5-6-14-9-10/h3-6,9,13-14H,7-8H2,1-2H3. The summed E-state index contributed by atoms with van der Waals surface area (Å²) < 4.78 is 0. The van der Waals surface area contributed by atoms with E-state index in [1.807, 2.05) is 44.7 Å². The Morgan fingerprint density at radius 2 is 2.18 bits per heavy atom. The molecule has 0 unspecified atom stereocenters. The Balaban J connectivity index is 2.08. The summed E-state index contributed by atoms with van der Waals surface area (Å²) in [4.78, 5) is 5.08. The first kappa shape index (κ1) is 11.6. The van der Waals surface area contributed by atoms with Crippen LogP contribution in [0.3, 0.4) is 0 Å². The molecule has 2 aromatic heterocycles. The minimum Gasteiger partial charge on any atom is -0.367 e. The fraction of sp³-hybridized carbons (Fsp3) is 0.333. The van der Waals surface area contributed by atoms with Crippen LogP contribution in [0.25, 0.3) is 11.3 Å². The van der Waals surface area contributed by atoms with Crippen LogP contribution in [-0.4, -0.2) is 42.4 Å².